The van der Waals surface area contributed by atoms with Gasteiger partial charge in [0.2, 0.25) is 0 Å². The predicted octanol–water partition coefficient (Wildman–Crippen LogP) is 2.62. The van der Waals surface area contributed by atoms with Crippen molar-refractivity contribution in [3.8, 4) is 5.75 Å². The largest absolute Gasteiger partial charge is 0.496 e. The number of halogens is 1. The van der Waals surface area contributed by atoms with Gasteiger partial charge in [0.25, 0.3) is 0 Å². The molecule has 1 aromatic carbocycles. The van der Waals surface area contributed by atoms with Gasteiger partial charge in [-0.2, -0.15) is 0 Å². The van der Waals surface area contributed by atoms with Crippen LogP contribution in [-0.4, -0.2) is 32.2 Å². The Morgan fingerprint density at radius 1 is 1.15 bits per heavy atom. The summed E-state index contributed by atoms with van der Waals surface area (Å²) in [5, 5.41) is 0.553. The van der Waals surface area contributed by atoms with Crippen LogP contribution in [0.25, 0.3) is 0 Å². The fraction of sp³-hybridized carbons (Fsp3) is 0.571. The first kappa shape index (κ1) is 15.6. The van der Waals surface area contributed by atoms with Gasteiger partial charge in [-0.25, -0.2) is 0 Å². The molecule has 0 spiro atoms. The lowest BCUT2D eigenvalue weighted by molar-refractivity contribution is 0.00578. The molecule has 1 saturated heterocycles. The highest BCUT2D eigenvalue weighted by Crippen LogP contribution is 2.37. The summed E-state index contributed by atoms with van der Waals surface area (Å²) in [5.41, 5.74) is 0.0356. The smallest absolute Gasteiger partial charge is 0.468 e. The Bertz CT molecular complexity index is 474. The highest BCUT2D eigenvalue weighted by molar-refractivity contribution is 6.65. The zero-order chi connectivity index (χ0) is 15.0. The van der Waals surface area contributed by atoms with E-state index in [1.165, 1.54) is 0 Å². The molecule has 2 rings (SSSR count). The molecule has 6 heteroatoms. The van der Waals surface area contributed by atoms with E-state index in [0.717, 1.165) is 5.46 Å². The molecule has 0 aliphatic carbocycles. The predicted molar refractivity (Wildman–Crippen MR) is 79.7 cm³/mol. The van der Waals surface area contributed by atoms with E-state index in [2.05, 4.69) is 0 Å². The lowest BCUT2D eigenvalue weighted by Gasteiger charge is -2.32. The first-order chi connectivity index (χ1) is 9.27. The molecule has 1 fully saturated rings. The average molecular weight is 299 g/mol. The van der Waals surface area contributed by atoms with Crippen molar-refractivity contribution in [1.29, 1.82) is 0 Å². The maximum absolute atomic E-state index is 6.29. The van der Waals surface area contributed by atoms with Crippen LogP contribution in [0, 0.1) is 0 Å². The Hall–Kier alpha value is -0.745. The fourth-order valence-corrected chi connectivity index (χ4v) is 2.15. The van der Waals surface area contributed by atoms with Gasteiger partial charge in [0, 0.05) is 17.6 Å². The van der Waals surface area contributed by atoms with Crippen molar-refractivity contribution in [1.82, 2.24) is 0 Å². The van der Waals surface area contributed by atoms with Crippen molar-refractivity contribution in [3.63, 3.8) is 0 Å². The first-order valence-electron chi connectivity index (χ1n) is 6.54. The van der Waals surface area contributed by atoms with E-state index in [1.54, 1.807) is 13.2 Å². The third kappa shape index (κ3) is 2.96. The van der Waals surface area contributed by atoms with E-state index < -0.39 is 7.12 Å². The third-order valence-electron chi connectivity index (χ3n) is 3.82. The van der Waals surface area contributed by atoms with Crippen LogP contribution in [0.1, 0.15) is 27.7 Å². The lowest BCUT2D eigenvalue weighted by atomic mass is 9.79. The summed E-state index contributed by atoms with van der Waals surface area (Å²) < 4.78 is 22.2. The van der Waals surface area contributed by atoms with Gasteiger partial charge in [-0.1, -0.05) is 17.7 Å². The number of rotatable bonds is 4. The zero-order valence-corrected chi connectivity index (χ0v) is 13.3. The SMILES string of the molecule is COCOc1ccc(B2OC(C)(C)C(C)(C)O2)c(Cl)c1. The van der Waals surface area contributed by atoms with Gasteiger partial charge in [0.1, 0.15) is 5.75 Å². The first-order valence-corrected chi connectivity index (χ1v) is 6.91. The minimum Gasteiger partial charge on any atom is -0.468 e. The Morgan fingerprint density at radius 3 is 2.25 bits per heavy atom. The van der Waals surface area contributed by atoms with Crippen molar-refractivity contribution in [2.24, 2.45) is 0 Å². The molecule has 0 aromatic heterocycles. The van der Waals surface area contributed by atoms with Crippen LogP contribution in [0.3, 0.4) is 0 Å². The molecule has 110 valence electrons. The maximum Gasteiger partial charge on any atom is 0.496 e. The van der Waals surface area contributed by atoms with Crippen molar-refractivity contribution in [2.45, 2.75) is 38.9 Å². The second-order valence-electron chi connectivity index (χ2n) is 5.82. The highest BCUT2D eigenvalue weighted by atomic mass is 35.5. The number of methoxy groups -OCH3 is 1. The van der Waals surface area contributed by atoms with Crippen molar-refractivity contribution < 1.29 is 18.8 Å². The summed E-state index contributed by atoms with van der Waals surface area (Å²) >= 11 is 6.29. The Kier molecular flexibility index (Phi) is 4.35. The molecule has 0 bridgehead atoms. The second kappa shape index (κ2) is 5.56. The Labute approximate surface area is 125 Å². The number of hydrogen-bond acceptors (Lipinski definition) is 4. The maximum atomic E-state index is 6.29. The fourth-order valence-electron chi connectivity index (χ4n) is 1.89. The molecule has 20 heavy (non-hydrogen) atoms. The molecule has 1 aromatic rings. The molecule has 0 N–H and O–H groups in total. The van der Waals surface area contributed by atoms with Gasteiger partial charge in [0.15, 0.2) is 6.79 Å². The van der Waals surface area contributed by atoms with E-state index in [1.807, 2.05) is 39.8 Å². The van der Waals surface area contributed by atoms with E-state index in [9.17, 15) is 0 Å². The third-order valence-corrected chi connectivity index (χ3v) is 4.15. The molecule has 0 amide bonds. The number of benzene rings is 1. The van der Waals surface area contributed by atoms with Crippen molar-refractivity contribution in [2.75, 3.05) is 13.9 Å². The van der Waals surface area contributed by atoms with E-state index in [-0.39, 0.29) is 18.0 Å². The monoisotopic (exact) mass is 298 g/mol. The van der Waals surface area contributed by atoms with Crippen LogP contribution in [0.15, 0.2) is 18.2 Å². The summed E-state index contributed by atoms with van der Waals surface area (Å²) in [6, 6.07) is 5.42. The minimum atomic E-state index is -0.469. The molecular formula is C14H20BClO4. The second-order valence-corrected chi connectivity index (χ2v) is 6.23. The van der Waals surface area contributed by atoms with Crippen LogP contribution in [0.2, 0.25) is 5.02 Å². The molecule has 0 unspecified atom stereocenters. The molecular weight excluding hydrogens is 278 g/mol. The summed E-state index contributed by atoms with van der Waals surface area (Å²) in [6.07, 6.45) is 0. The van der Waals surface area contributed by atoms with Crippen LogP contribution in [0.5, 0.6) is 5.75 Å². The van der Waals surface area contributed by atoms with E-state index in [4.69, 9.17) is 30.4 Å². The molecule has 4 nitrogen and oxygen atoms in total. The zero-order valence-electron chi connectivity index (χ0n) is 12.5. The van der Waals surface area contributed by atoms with Gasteiger partial charge in [-0.3, -0.25) is 0 Å². The average Bonchev–Trinajstić information content (AvgIpc) is 2.55. The summed E-state index contributed by atoms with van der Waals surface area (Å²) in [5.74, 6) is 0.650. The van der Waals surface area contributed by atoms with Crippen LogP contribution in [-0.2, 0) is 14.0 Å². The molecule has 0 radical (unpaired) electrons. The molecule has 0 atom stereocenters. The van der Waals surface area contributed by atoms with Crippen LogP contribution in [0.4, 0.5) is 0 Å². The van der Waals surface area contributed by atoms with Crippen molar-refractivity contribution in [3.05, 3.63) is 23.2 Å². The highest BCUT2D eigenvalue weighted by Gasteiger charge is 2.52. The topological polar surface area (TPSA) is 36.9 Å². The van der Waals surface area contributed by atoms with Gasteiger partial charge >= 0.3 is 7.12 Å². The van der Waals surface area contributed by atoms with Crippen LogP contribution >= 0.6 is 11.6 Å². The standard InChI is InChI=1S/C14H20BClO4/c1-13(2)14(3,4)20-15(19-13)11-7-6-10(8-12(11)16)18-9-17-5/h6-8H,9H2,1-5H3. The normalized spacial score (nSPS) is 20.2. The van der Waals surface area contributed by atoms with E-state index in [0.29, 0.717) is 10.8 Å². The minimum absolute atomic E-state index is 0.187. The summed E-state index contributed by atoms with van der Waals surface area (Å²) in [6.45, 7) is 8.23. The quantitative estimate of drug-likeness (QED) is 0.632. The molecule has 1 aliphatic heterocycles. The summed E-state index contributed by atoms with van der Waals surface area (Å²) in [7, 11) is 1.10. The van der Waals surface area contributed by atoms with Gasteiger partial charge in [0.05, 0.1) is 11.2 Å². The molecule has 0 saturated carbocycles. The van der Waals surface area contributed by atoms with Gasteiger partial charge in [-0.05, 0) is 39.8 Å². The number of ether oxygens (including phenoxy) is 2. The van der Waals surface area contributed by atoms with Gasteiger partial charge in [-0.15, -0.1) is 0 Å². The summed E-state index contributed by atoms with van der Waals surface area (Å²) in [4.78, 5) is 0. The number of hydrogen-bond donors (Lipinski definition) is 0. The Balaban J connectivity index is 2.19. The van der Waals surface area contributed by atoms with Crippen molar-refractivity contribution >= 4 is 24.2 Å². The molecule has 1 aliphatic rings. The van der Waals surface area contributed by atoms with Gasteiger partial charge < -0.3 is 18.8 Å². The molecule has 1 heterocycles. The van der Waals surface area contributed by atoms with E-state index >= 15 is 0 Å². The Morgan fingerprint density at radius 2 is 1.75 bits per heavy atom. The lowest BCUT2D eigenvalue weighted by Crippen LogP contribution is -2.41. The van der Waals surface area contributed by atoms with Crippen LogP contribution < -0.4 is 10.2 Å².